The highest BCUT2D eigenvalue weighted by Gasteiger charge is 2.27. The quantitative estimate of drug-likeness (QED) is 0.275. The van der Waals surface area contributed by atoms with Crippen LogP contribution in [-0.2, 0) is 28.6 Å². The first-order valence-corrected chi connectivity index (χ1v) is 11.0. The molecule has 0 aromatic heterocycles. The minimum absolute atomic E-state index is 0.0816. The Hall–Kier alpha value is -1.89. The fraction of sp³-hybridized carbons (Fsp3) is 0.792. The molecule has 1 N–H and O–H groups in total. The average molecular weight is 447 g/mol. The zero-order chi connectivity index (χ0) is 25.1. The lowest BCUT2D eigenvalue weighted by molar-refractivity contribution is -0.155. The predicted molar refractivity (Wildman–Crippen MR) is 124 cm³/mol. The predicted octanol–water partition coefficient (Wildman–Crippen LogP) is 4.85. The van der Waals surface area contributed by atoms with Crippen LogP contribution in [0.4, 0.5) is 0 Å². The molecular formula is C24H46O7. The number of esters is 3. The van der Waals surface area contributed by atoms with E-state index < -0.39 is 5.41 Å². The molecule has 0 saturated carbocycles. The van der Waals surface area contributed by atoms with Crippen LogP contribution in [0.15, 0.2) is 12.2 Å². The van der Waals surface area contributed by atoms with Gasteiger partial charge in [-0.1, -0.05) is 34.3 Å². The minimum atomic E-state index is -0.421. The van der Waals surface area contributed by atoms with Gasteiger partial charge >= 0.3 is 17.9 Å². The molecule has 0 rings (SSSR count). The van der Waals surface area contributed by atoms with E-state index in [1.54, 1.807) is 6.92 Å². The molecular weight excluding hydrogens is 400 g/mol. The molecule has 7 nitrogen and oxygen atoms in total. The number of hydrogen-bond donors (Lipinski definition) is 1. The van der Waals surface area contributed by atoms with E-state index in [1.807, 2.05) is 55.4 Å². The van der Waals surface area contributed by atoms with Crippen LogP contribution >= 0.6 is 0 Å². The van der Waals surface area contributed by atoms with Gasteiger partial charge in [-0.3, -0.25) is 9.59 Å². The van der Waals surface area contributed by atoms with Crippen molar-refractivity contribution < 1.29 is 33.7 Å². The summed E-state index contributed by atoms with van der Waals surface area (Å²) < 4.78 is 14.5. The summed E-state index contributed by atoms with van der Waals surface area (Å²) in [6.07, 6.45) is 3.33. The van der Waals surface area contributed by atoms with Crippen molar-refractivity contribution in [3.63, 3.8) is 0 Å². The van der Waals surface area contributed by atoms with Crippen LogP contribution in [0.5, 0.6) is 0 Å². The molecule has 0 aliphatic rings. The zero-order valence-electron chi connectivity index (χ0n) is 21.3. The molecule has 0 aliphatic carbocycles. The van der Waals surface area contributed by atoms with Crippen molar-refractivity contribution in [2.75, 3.05) is 26.4 Å². The highest BCUT2D eigenvalue weighted by molar-refractivity contribution is 5.86. The molecule has 0 aromatic rings. The van der Waals surface area contributed by atoms with Gasteiger partial charge in [-0.2, -0.15) is 0 Å². The number of hydrogen-bond acceptors (Lipinski definition) is 7. The molecule has 0 bridgehead atoms. The third-order valence-electron chi connectivity index (χ3n) is 4.42. The number of carbonyl (C=O) groups is 3. The van der Waals surface area contributed by atoms with Gasteiger partial charge in [0.05, 0.1) is 30.7 Å². The molecule has 0 fully saturated rings. The van der Waals surface area contributed by atoms with E-state index >= 15 is 0 Å². The van der Waals surface area contributed by atoms with E-state index in [4.69, 9.17) is 19.3 Å². The van der Waals surface area contributed by atoms with Gasteiger partial charge < -0.3 is 19.3 Å². The molecule has 0 spiro atoms. The number of ether oxygens (including phenoxy) is 3. The van der Waals surface area contributed by atoms with Gasteiger partial charge in [0.2, 0.25) is 0 Å². The maximum atomic E-state index is 11.2. The number of rotatable bonds is 11. The minimum Gasteiger partial charge on any atom is -0.465 e. The van der Waals surface area contributed by atoms with Crippen molar-refractivity contribution in [1.29, 1.82) is 0 Å². The monoisotopic (exact) mass is 446 g/mol. The second kappa shape index (κ2) is 18.8. The number of aliphatic hydroxyl groups excluding tert-OH is 1. The average Bonchev–Trinajstić information content (AvgIpc) is 2.74. The summed E-state index contributed by atoms with van der Waals surface area (Å²) in [6, 6.07) is 0. The third-order valence-corrected chi connectivity index (χ3v) is 4.42. The molecule has 0 unspecified atom stereocenters. The first-order valence-electron chi connectivity index (χ1n) is 11.0. The largest absolute Gasteiger partial charge is 0.465 e. The van der Waals surface area contributed by atoms with E-state index in [0.29, 0.717) is 18.8 Å². The van der Waals surface area contributed by atoms with Crippen molar-refractivity contribution in [2.24, 2.45) is 10.8 Å². The van der Waals surface area contributed by atoms with Crippen LogP contribution in [-0.4, -0.2) is 49.4 Å². The highest BCUT2D eigenvalue weighted by Crippen LogP contribution is 2.21. The van der Waals surface area contributed by atoms with E-state index in [0.717, 1.165) is 25.7 Å². The summed E-state index contributed by atoms with van der Waals surface area (Å²) in [4.78, 5) is 32.9. The van der Waals surface area contributed by atoms with Crippen LogP contribution in [0.1, 0.15) is 88.0 Å². The summed E-state index contributed by atoms with van der Waals surface area (Å²) >= 11 is 0. The lowest BCUT2D eigenvalue weighted by atomic mass is 9.91. The van der Waals surface area contributed by atoms with Crippen LogP contribution in [0.3, 0.4) is 0 Å². The molecule has 0 saturated heterocycles. The molecule has 0 amide bonds. The second-order valence-corrected chi connectivity index (χ2v) is 8.39. The molecule has 31 heavy (non-hydrogen) atoms. The first kappa shape index (κ1) is 33.7. The summed E-state index contributed by atoms with van der Waals surface area (Å²) in [5.41, 5.74) is -0.270. The lowest BCUT2D eigenvalue weighted by Crippen LogP contribution is -2.26. The second-order valence-electron chi connectivity index (χ2n) is 8.39. The standard InChI is InChI=1S/C9H18O2.C8H16O3.C7H12O2/c1-5-7-11-8(10)9(3,4)6-2;1-4-8(2,3)7(10)11-6-5-9;1-4-5-9-7(8)6(2)3/h5-7H2,1-4H3;9H,4-6H2,1-3H3;2,4-5H2,1,3H3. The van der Waals surface area contributed by atoms with Crippen molar-refractivity contribution in [2.45, 2.75) is 88.0 Å². The van der Waals surface area contributed by atoms with Gasteiger partial charge in [0.25, 0.3) is 0 Å². The Bertz CT molecular complexity index is 490. The summed E-state index contributed by atoms with van der Waals surface area (Å²) in [6.45, 7) is 21.4. The SMILES string of the molecule is C=C(C)C(=O)OCCC.CCC(C)(C)C(=O)OCCO.CCCOC(=O)C(C)(C)CC. The Morgan fingerprint density at radius 3 is 1.39 bits per heavy atom. The van der Waals surface area contributed by atoms with E-state index in [2.05, 4.69) is 6.58 Å². The fourth-order valence-electron chi connectivity index (χ4n) is 1.33. The van der Waals surface area contributed by atoms with E-state index in [1.165, 1.54) is 0 Å². The highest BCUT2D eigenvalue weighted by atomic mass is 16.5. The molecule has 0 aliphatic heterocycles. The third kappa shape index (κ3) is 18.6. The summed E-state index contributed by atoms with van der Waals surface area (Å²) in [5, 5.41) is 8.38. The lowest BCUT2D eigenvalue weighted by Gasteiger charge is -2.19. The number of carbonyl (C=O) groups excluding carboxylic acids is 3. The van der Waals surface area contributed by atoms with Crippen LogP contribution < -0.4 is 0 Å². The van der Waals surface area contributed by atoms with Gasteiger partial charge in [0.1, 0.15) is 6.61 Å². The summed E-state index contributed by atoms with van der Waals surface area (Å²) in [7, 11) is 0. The van der Waals surface area contributed by atoms with Crippen molar-refractivity contribution in [3.8, 4) is 0 Å². The van der Waals surface area contributed by atoms with Crippen LogP contribution in [0.25, 0.3) is 0 Å². The van der Waals surface area contributed by atoms with Crippen LogP contribution in [0.2, 0.25) is 0 Å². The normalized spacial score (nSPS) is 10.5. The maximum Gasteiger partial charge on any atom is 0.333 e. The van der Waals surface area contributed by atoms with Gasteiger partial charge in [-0.05, 0) is 60.3 Å². The Kier molecular flexibility index (Phi) is 20.5. The van der Waals surface area contributed by atoms with Crippen molar-refractivity contribution in [1.82, 2.24) is 0 Å². The number of aliphatic hydroxyl groups is 1. The van der Waals surface area contributed by atoms with Crippen molar-refractivity contribution >= 4 is 17.9 Å². The van der Waals surface area contributed by atoms with Gasteiger partial charge in [-0.25, -0.2) is 4.79 Å². The molecule has 0 aromatic carbocycles. The van der Waals surface area contributed by atoms with Gasteiger partial charge in [0.15, 0.2) is 0 Å². The molecule has 184 valence electrons. The Labute approximate surface area is 189 Å². The Morgan fingerprint density at radius 2 is 1.10 bits per heavy atom. The maximum absolute atomic E-state index is 11.2. The topological polar surface area (TPSA) is 99.1 Å². The van der Waals surface area contributed by atoms with Crippen LogP contribution in [0, 0.1) is 10.8 Å². The fourth-order valence-corrected chi connectivity index (χ4v) is 1.33. The molecule has 0 heterocycles. The van der Waals surface area contributed by atoms with Crippen molar-refractivity contribution in [3.05, 3.63) is 12.2 Å². The Morgan fingerprint density at radius 1 is 0.742 bits per heavy atom. The van der Waals surface area contributed by atoms with E-state index in [9.17, 15) is 14.4 Å². The molecule has 0 radical (unpaired) electrons. The first-order chi connectivity index (χ1) is 14.3. The summed E-state index contributed by atoms with van der Waals surface area (Å²) in [5.74, 6) is -0.618. The smallest absolute Gasteiger partial charge is 0.333 e. The van der Waals surface area contributed by atoms with E-state index in [-0.39, 0.29) is 36.5 Å². The Balaban J connectivity index is -0.000000382. The molecule has 0 atom stereocenters. The molecule has 7 heteroatoms. The van der Waals surface area contributed by atoms with Gasteiger partial charge in [0, 0.05) is 5.57 Å². The van der Waals surface area contributed by atoms with Gasteiger partial charge in [-0.15, -0.1) is 0 Å². The zero-order valence-corrected chi connectivity index (χ0v) is 21.3.